The van der Waals surface area contributed by atoms with Gasteiger partial charge >= 0.3 is 11.9 Å². The van der Waals surface area contributed by atoms with Crippen LogP contribution in [0.25, 0.3) is 11.1 Å². The van der Waals surface area contributed by atoms with Crippen LogP contribution in [0.2, 0.25) is 0 Å². The number of allylic oxidation sites excluding steroid dienone is 1. The van der Waals surface area contributed by atoms with E-state index in [4.69, 9.17) is 19.9 Å². The molecule has 0 fully saturated rings. The summed E-state index contributed by atoms with van der Waals surface area (Å²) in [5.41, 5.74) is 9.28. The van der Waals surface area contributed by atoms with E-state index >= 15 is 0 Å². The first kappa shape index (κ1) is 27.0. The van der Waals surface area contributed by atoms with E-state index in [1.54, 1.807) is 30.3 Å². The monoisotopic (exact) mass is 523 g/mol. The first-order chi connectivity index (χ1) is 19.0. The van der Waals surface area contributed by atoms with E-state index in [2.05, 4.69) is 6.07 Å². The number of hydrogen-bond acceptors (Lipinski definition) is 8. The highest BCUT2D eigenvalue weighted by molar-refractivity contribution is 6.06. The third kappa shape index (κ3) is 5.20. The lowest BCUT2D eigenvalue weighted by Gasteiger charge is -2.36. The van der Waals surface area contributed by atoms with Gasteiger partial charge in [-0.05, 0) is 35.2 Å². The molecule has 39 heavy (non-hydrogen) atoms. The molecule has 8 heteroatoms. The second kappa shape index (κ2) is 12.0. The number of esters is 2. The molecule has 1 heterocycles. The van der Waals surface area contributed by atoms with Gasteiger partial charge in [0.2, 0.25) is 0 Å². The minimum absolute atomic E-state index is 0.0223. The SMILES string of the molecule is CCCOc1ccc(-c2ccccc2)cc1N1C(N)=C(C#N)C(c2ccccc2)C(C(=O)OC)=C1C(=O)OC. The molecule has 0 aliphatic carbocycles. The molecule has 0 saturated carbocycles. The van der Waals surface area contributed by atoms with Gasteiger partial charge < -0.3 is 19.9 Å². The van der Waals surface area contributed by atoms with Crippen molar-refractivity contribution in [3.8, 4) is 22.9 Å². The molecule has 0 spiro atoms. The molecule has 198 valence electrons. The molecule has 0 aromatic heterocycles. The van der Waals surface area contributed by atoms with Gasteiger partial charge in [0.15, 0.2) is 0 Å². The van der Waals surface area contributed by atoms with Gasteiger partial charge in [-0.1, -0.05) is 73.7 Å². The van der Waals surface area contributed by atoms with Gasteiger partial charge in [0.25, 0.3) is 0 Å². The number of ether oxygens (including phenoxy) is 3. The molecule has 3 aromatic rings. The molecule has 1 aliphatic heterocycles. The van der Waals surface area contributed by atoms with Crippen molar-refractivity contribution in [1.29, 1.82) is 5.26 Å². The summed E-state index contributed by atoms with van der Waals surface area (Å²) < 4.78 is 16.3. The van der Waals surface area contributed by atoms with Crippen molar-refractivity contribution in [3.05, 3.63) is 107 Å². The molecule has 1 aliphatic rings. The number of nitrogens with two attached hydrogens (primary N) is 1. The van der Waals surface area contributed by atoms with E-state index in [1.165, 1.54) is 19.1 Å². The maximum atomic E-state index is 13.4. The van der Waals surface area contributed by atoms with E-state index in [1.807, 2.05) is 55.5 Å². The van der Waals surface area contributed by atoms with E-state index in [9.17, 15) is 14.9 Å². The summed E-state index contributed by atoms with van der Waals surface area (Å²) in [6.45, 7) is 2.37. The molecule has 4 rings (SSSR count). The Bertz CT molecular complexity index is 1470. The number of carbonyl (C=O) groups excluding carboxylic acids is 2. The predicted octanol–water partition coefficient (Wildman–Crippen LogP) is 5.04. The Morgan fingerprint density at radius 1 is 0.923 bits per heavy atom. The van der Waals surface area contributed by atoms with Gasteiger partial charge in [0.1, 0.15) is 17.3 Å². The number of nitrogens with zero attached hydrogens (tertiary/aromatic N) is 2. The number of anilines is 1. The zero-order valence-electron chi connectivity index (χ0n) is 22.0. The van der Waals surface area contributed by atoms with Crippen LogP contribution in [0.15, 0.2) is 102 Å². The second-order valence-electron chi connectivity index (χ2n) is 8.73. The first-order valence-electron chi connectivity index (χ1n) is 12.4. The van der Waals surface area contributed by atoms with Crippen molar-refractivity contribution < 1.29 is 23.8 Å². The number of hydrogen-bond donors (Lipinski definition) is 1. The van der Waals surface area contributed by atoms with Crippen molar-refractivity contribution in [1.82, 2.24) is 0 Å². The van der Waals surface area contributed by atoms with Gasteiger partial charge in [-0.15, -0.1) is 0 Å². The number of rotatable bonds is 8. The summed E-state index contributed by atoms with van der Waals surface area (Å²) in [7, 11) is 2.44. The largest absolute Gasteiger partial charge is 0.491 e. The van der Waals surface area contributed by atoms with Gasteiger partial charge in [-0.2, -0.15) is 5.26 Å². The Hall–Kier alpha value is -5.03. The summed E-state index contributed by atoms with van der Waals surface area (Å²) in [6.07, 6.45) is 0.734. The van der Waals surface area contributed by atoms with Crippen LogP contribution < -0.4 is 15.4 Å². The highest BCUT2D eigenvalue weighted by Crippen LogP contribution is 2.46. The lowest BCUT2D eigenvalue weighted by molar-refractivity contribution is -0.139. The zero-order chi connectivity index (χ0) is 27.9. The average Bonchev–Trinajstić information content (AvgIpc) is 2.99. The summed E-state index contributed by atoms with van der Waals surface area (Å²) in [6, 6.07) is 26.2. The Balaban J connectivity index is 2.08. The third-order valence-electron chi connectivity index (χ3n) is 6.38. The first-order valence-corrected chi connectivity index (χ1v) is 12.4. The fourth-order valence-corrected chi connectivity index (χ4v) is 4.60. The molecule has 0 radical (unpaired) electrons. The highest BCUT2D eigenvalue weighted by Gasteiger charge is 2.43. The Morgan fingerprint density at radius 2 is 1.56 bits per heavy atom. The maximum Gasteiger partial charge on any atom is 0.355 e. The molecule has 1 unspecified atom stereocenters. The molecule has 8 nitrogen and oxygen atoms in total. The minimum atomic E-state index is -0.952. The van der Waals surface area contributed by atoms with Crippen molar-refractivity contribution >= 4 is 17.6 Å². The van der Waals surface area contributed by atoms with Crippen LogP contribution >= 0.6 is 0 Å². The fourth-order valence-electron chi connectivity index (χ4n) is 4.60. The van der Waals surface area contributed by atoms with Crippen LogP contribution in [0.5, 0.6) is 5.75 Å². The van der Waals surface area contributed by atoms with E-state index in [0.29, 0.717) is 23.6 Å². The molecular formula is C31H29N3O5. The normalized spacial score (nSPS) is 15.0. The maximum absolute atomic E-state index is 13.4. The van der Waals surface area contributed by atoms with Crippen LogP contribution in [-0.2, 0) is 19.1 Å². The lowest BCUT2D eigenvalue weighted by Crippen LogP contribution is -2.41. The highest BCUT2D eigenvalue weighted by atomic mass is 16.5. The van der Waals surface area contributed by atoms with Crippen LogP contribution in [-0.4, -0.2) is 32.8 Å². The van der Waals surface area contributed by atoms with E-state index < -0.39 is 17.9 Å². The molecule has 0 bridgehead atoms. The number of nitriles is 1. The Morgan fingerprint density at radius 3 is 2.15 bits per heavy atom. The van der Waals surface area contributed by atoms with Crippen molar-refractivity contribution in [3.63, 3.8) is 0 Å². The number of methoxy groups -OCH3 is 2. The van der Waals surface area contributed by atoms with Crippen molar-refractivity contribution in [2.75, 3.05) is 25.7 Å². The molecular weight excluding hydrogens is 494 g/mol. The molecule has 3 aromatic carbocycles. The van der Waals surface area contributed by atoms with Crippen LogP contribution in [0.3, 0.4) is 0 Å². The third-order valence-corrected chi connectivity index (χ3v) is 6.38. The zero-order valence-corrected chi connectivity index (χ0v) is 22.0. The van der Waals surface area contributed by atoms with Gasteiger partial charge in [-0.25, -0.2) is 9.59 Å². The lowest BCUT2D eigenvalue weighted by atomic mass is 9.81. The van der Waals surface area contributed by atoms with Crippen molar-refractivity contribution in [2.45, 2.75) is 19.3 Å². The summed E-state index contributed by atoms with van der Waals surface area (Å²) in [4.78, 5) is 28.2. The standard InChI is InChI=1S/C31H29N3O5/c1-4-17-39-25-16-15-22(20-11-7-5-8-12-20)18-24(25)34-28(31(36)38-3)27(30(35)37-2)26(23(19-32)29(34)33)21-13-9-6-10-14-21/h5-16,18,26H,4,17,33H2,1-3H3. The van der Waals surface area contributed by atoms with Gasteiger partial charge in [0.05, 0.1) is 49.6 Å². The number of benzene rings is 3. The van der Waals surface area contributed by atoms with Crippen LogP contribution in [0.1, 0.15) is 24.8 Å². The summed E-state index contributed by atoms with van der Waals surface area (Å²) >= 11 is 0. The van der Waals surface area contributed by atoms with Crippen molar-refractivity contribution in [2.24, 2.45) is 5.73 Å². The van der Waals surface area contributed by atoms with Crippen LogP contribution in [0.4, 0.5) is 5.69 Å². The fraction of sp³-hybridized carbons (Fsp3) is 0.194. The molecule has 0 amide bonds. The van der Waals surface area contributed by atoms with E-state index in [0.717, 1.165) is 17.5 Å². The topological polar surface area (TPSA) is 115 Å². The average molecular weight is 524 g/mol. The molecule has 1 atom stereocenters. The Kier molecular flexibility index (Phi) is 8.32. The second-order valence-corrected chi connectivity index (χ2v) is 8.73. The van der Waals surface area contributed by atoms with Gasteiger partial charge in [0, 0.05) is 0 Å². The van der Waals surface area contributed by atoms with E-state index in [-0.39, 0.29) is 22.7 Å². The van der Waals surface area contributed by atoms with Gasteiger partial charge in [-0.3, -0.25) is 4.90 Å². The number of carbonyl (C=O) groups is 2. The summed E-state index contributed by atoms with van der Waals surface area (Å²) in [5, 5.41) is 10.3. The quantitative estimate of drug-likeness (QED) is 0.409. The molecule has 0 saturated heterocycles. The Labute approximate surface area is 227 Å². The van der Waals surface area contributed by atoms with Crippen LogP contribution in [0, 0.1) is 11.3 Å². The molecule has 2 N–H and O–H groups in total. The smallest absolute Gasteiger partial charge is 0.355 e. The minimum Gasteiger partial charge on any atom is -0.491 e. The predicted molar refractivity (Wildman–Crippen MR) is 147 cm³/mol. The summed E-state index contributed by atoms with van der Waals surface area (Å²) in [5.74, 6) is -2.16.